The molecule has 0 aromatic heterocycles. The van der Waals surface area contributed by atoms with Gasteiger partial charge in [0, 0.05) is 11.5 Å². The lowest BCUT2D eigenvalue weighted by molar-refractivity contribution is -0.0201. The lowest BCUT2D eigenvalue weighted by Crippen LogP contribution is -2.23. The van der Waals surface area contributed by atoms with E-state index < -0.39 is 11.8 Å². The van der Waals surface area contributed by atoms with Gasteiger partial charge in [0.15, 0.2) is 0 Å². The molecule has 0 bridgehead atoms. The van der Waals surface area contributed by atoms with Crippen molar-refractivity contribution >= 4 is 0 Å². The largest absolute Gasteiger partial charge is 0.251 e. The van der Waals surface area contributed by atoms with Crippen molar-refractivity contribution in [3.63, 3.8) is 0 Å². The highest BCUT2D eigenvalue weighted by molar-refractivity contribution is 5.40. The highest BCUT2D eigenvalue weighted by Crippen LogP contribution is 2.31. The lowest BCUT2D eigenvalue weighted by Gasteiger charge is -2.21. The molecular formula is C11H12F2. The maximum absolute atomic E-state index is 12.8. The molecule has 0 spiro atoms. The van der Waals surface area contributed by atoms with Crippen LogP contribution in [0.3, 0.4) is 0 Å². The zero-order chi connectivity index (χ0) is 9.90. The van der Waals surface area contributed by atoms with Crippen molar-refractivity contribution < 1.29 is 8.78 Å². The normalized spacial score (nSPS) is 21.8. The van der Waals surface area contributed by atoms with Crippen LogP contribution in [-0.4, -0.2) is 5.92 Å². The van der Waals surface area contributed by atoms with E-state index in [1.807, 2.05) is 0 Å². The Morgan fingerprint density at radius 2 is 2.23 bits per heavy atom. The molecule has 0 aromatic carbocycles. The molecule has 0 heterocycles. The summed E-state index contributed by atoms with van der Waals surface area (Å²) in [4.78, 5) is 0. The number of rotatable bonds is 1. The molecule has 0 radical (unpaired) electrons. The van der Waals surface area contributed by atoms with Gasteiger partial charge < -0.3 is 0 Å². The molecule has 0 amide bonds. The van der Waals surface area contributed by atoms with Crippen LogP contribution in [0.2, 0.25) is 0 Å². The first-order valence-corrected chi connectivity index (χ1v) is 4.23. The second-order valence-electron chi connectivity index (χ2n) is 3.19. The summed E-state index contributed by atoms with van der Waals surface area (Å²) in [5.74, 6) is 2.27. The topological polar surface area (TPSA) is 0 Å². The minimum Gasteiger partial charge on any atom is -0.207 e. The Bertz CT molecular complexity index is 294. The molecule has 13 heavy (non-hydrogen) atoms. The van der Waals surface area contributed by atoms with Crippen LogP contribution in [0.4, 0.5) is 8.78 Å². The fourth-order valence-electron chi connectivity index (χ4n) is 1.23. The number of hydrogen-bond acceptors (Lipinski definition) is 0. The quantitative estimate of drug-likeness (QED) is 0.546. The maximum atomic E-state index is 12.8. The second kappa shape index (κ2) is 3.74. The molecule has 0 saturated carbocycles. The van der Waals surface area contributed by atoms with Gasteiger partial charge in [0.2, 0.25) is 0 Å². The van der Waals surface area contributed by atoms with Crippen molar-refractivity contribution in [1.82, 2.24) is 0 Å². The predicted molar refractivity (Wildman–Crippen MR) is 49.4 cm³/mol. The van der Waals surface area contributed by atoms with E-state index in [9.17, 15) is 8.78 Å². The number of allylic oxidation sites excluding steroid dienone is 4. The van der Waals surface area contributed by atoms with Crippen LogP contribution in [0.15, 0.2) is 23.8 Å². The summed E-state index contributed by atoms with van der Waals surface area (Å²) in [6, 6.07) is 0. The third kappa shape index (κ3) is 2.69. The van der Waals surface area contributed by atoms with Crippen molar-refractivity contribution in [1.29, 1.82) is 0 Å². The molecule has 1 aliphatic rings. The van der Waals surface area contributed by atoms with Gasteiger partial charge in [0.1, 0.15) is 0 Å². The Balaban J connectivity index is 2.67. The van der Waals surface area contributed by atoms with E-state index >= 15 is 0 Å². The van der Waals surface area contributed by atoms with Gasteiger partial charge in [-0.05, 0) is 20.3 Å². The zero-order valence-corrected chi connectivity index (χ0v) is 7.77. The van der Waals surface area contributed by atoms with Gasteiger partial charge in [-0.25, -0.2) is 8.78 Å². The lowest BCUT2D eigenvalue weighted by atomic mass is 9.92. The first-order valence-electron chi connectivity index (χ1n) is 4.23. The van der Waals surface area contributed by atoms with E-state index in [2.05, 4.69) is 11.8 Å². The van der Waals surface area contributed by atoms with Crippen LogP contribution < -0.4 is 0 Å². The Labute approximate surface area is 77.3 Å². The summed E-state index contributed by atoms with van der Waals surface area (Å²) < 4.78 is 25.6. The molecule has 0 N–H and O–H groups in total. The smallest absolute Gasteiger partial charge is 0.207 e. The average Bonchev–Trinajstić information content (AvgIpc) is 2.04. The van der Waals surface area contributed by atoms with Crippen LogP contribution in [0, 0.1) is 17.8 Å². The molecule has 0 fully saturated rings. The molecule has 0 aliphatic heterocycles. The van der Waals surface area contributed by atoms with Gasteiger partial charge in [-0.15, -0.1) is 5.92 Å². The molecule has 1 rings (SSSR count). The summed E-state index contributed by atoms with van der Waals surface area (Å²) in [5, 5.41) is 0. The SMILES string of the molecule is CC#CC1=CCC(C(C)(F)F)C=C1. The van der Waals surface area contributed by atoms with E-state index in [1.165, 1.54) is 0 Å². The molecule has 70 valence electrons. The van der Waals surface area contributed by atoms with Crippen LogP contribution in [0.5, 0.6) is 0 Å². The predicted octanol–water partition coefficient (Wildman–Crippen LogP) is 3.17. The minimum atomic E-state index is -2.63. The van der Waals surface area contributed by atoms with Gasteiger partial charge in [0.25, 0.3) is 5.92 Å². The second-order valence-corrected chi connectivity index (χ2v) is 3.19. The molecule has 1 aliphatic carbocycles. The average molecular weight is 182 g/mol. The van der Waals surface area contributed by atoms with Crippen molar-refractivity contribution in [2.75, 3.05) is 0 Å². The molecule has 1 unspecified atom stereocenters. The summed E-state index contributed by atoms with van der Waals surface area (Å²) in [5.41, 5.74) is 0.836. The van der Waals surface area contributed by atoms with Crippen molar-refractivity contribution in [2.24, 2.45) is 5.92 Å². The third-order valence-corrected chi connectivity index (χ3v) is 2.02. The maximum Gasteiger partial charge on any atom is 0.251 e. The van der Waals surface area contributed by atoms with E-state index in [0.717, 1.165) is 12.5 Å². The molecule has 2 heteroatoms. The van der Waals surface area contributed by atoms with Crippen molar-refractivity contribution in [3.8, 4) is 11.8 Å². The Kier molecular flexibility index (Phi) is 2.87. The first-order chi connectivity index (χ1) is 6.04. The molecule has 0 aromatic rings. The van der Waals surface area contributed by atoms with E-state index in [4.69, 9.17) is 0 Å². The summed E-state index contributed by atoms with van der Waals surface area (Å²) in [7, 11) is 0. The number of halogens is 2. The summed E-state index contributed by atoms with van der Waals surface area (Å²) in [6.45, 7) is 2.68. The number of alkyl halides is 2. The van der Waals surface area contributed by atoms with Crippen LogP contribution in [0.1, 0.15) is 20.3 Å². The molecule has 1 atom stereocenters. The Morgan fingerprint density at radius 1 is 1.54 bits per heavy atom. The van der Waals surface area contributed by atoms with Crippen LogP contribution in [-0.2, 0) is 0 Å². The van der Waals surface area contributed by atoms with Gasteiger partial charge in [-0.2, -0.15) is 0 Å². The number of hydrogen-bond donors (Lipinski definition) is 0. The van der Waals surface area contributed by atoms with Gasteiger partial charge in [-0.1, -0.05) is 24.1 Å². The first kappa shape index (κ1) is 9.98. The van der Waals surface area contributed by atoms with Gasteiger partial charge in [0.05, 0.1) is 0 Å². The zero-order valence-electron chi connectivity index (χ0n) is 7.77. The van der Waals surface area contributed by atoms with E-state index in [0.29, 0.717) is 6.42 Å². The van der Waals surface area contributed by atoms with Crippen molar-refractivity contribution in [2.45, 2.75) is 26.2 Å². The molecule has 0 saturated heterocycles. The van der Waals surface area contributed by atoms with Gasteiger partial charge in [-0.3, -0.25) is 0 Å². The van der Waals surface area contributed by atoms with Crippen LogP contribution >= 0.6 is 0 Å². The Morgan fingerprint density at radius 3 is 2.62 bits per heavy atom. The van der Waals surface area contributed by atoms with Crippen molar-refractivity contribution in [3.05, 3.63) is 23.8 Å². The molecular weight excluding hydrogens is 170 g/mol. The summed E-state index contributed by atoms with van der Waals surface area (Å²) in [6.07, 6.45) is 5.35. The minimum absolute atomic E-state index is 0.379. The molecule has 0 nitrogen and oxygen atoms in total. The van der Waals surface area contributed by atoms with Crippen LogP contribution in [0.25, 0.3) is 0 Å². The highest BCUT2D eigenvalue weighted by atomic mass is 19.3. The fraction of sp³-hybridized carbons (Fsp3) is 0.455. The van der Waals surface area contributed by atoms with Gasteiger partial charge >= 0.3 is 0 Å². The third-order valence-electron chi connectivity index (χ3n) is 2.02. The highest BCUT2D eigenvalue weighted by Gasteiger charge is 2.31. The summed E-state index contributed by atoms with van der Waals surface area (Å²) >= 11 is 0. The standard InChI is InChI=1S/C11H12F2/c1-3-4-9-5-7-10(8-6-9)11(2,12)13/h5-7,10H,8H2,1-2H3. The monoisotopic (exact) mass is 182 g/mol. The van der Waals surface area contributed by atoms with E-state index in [-0.39, 0.29) is 0 Å². The Hall–Kier alpha value is -1.10. The fourth-order valence-corrected chi connectivity index (χ4v) is 1.23. The van der Waals surface area contributed by atoms with E-state index in [1.54, 1.807) is 25.2 Å².